The van der Waals surface area contributed by atoms with Crippen LogP contribution in [0, 0.1) is 0 Å². The lowest BCUT2D eigenvalue weighted by molar-refractivity contribution is -0.275. The molecule has 3 amide bonds. The second-order valence-corrected chi connectivity index (χ2v) is 27.7. The number of amides is 3. The van der Waals surface area contributed by atoms with Crippen molar-refractivity contribution in [2.45, 2.75) is 234 Å². The molecule has 18 N–H and O–H groups in total. The summed E-state index contributed by atoms with van der Waals surface area (Å²) in [6.45, 7) is 4.86. The molecule has 0 radical (unpaired) electrons. The normalized spacial score (nSPS) is 28.6. The van der Waals surface area contributed by atoms with E-state index in [1.165, 1.54) is 37.1 Å². The first-order valence-electron chi connectivity index (χ1n) is 37.6. The molecule has 8 rings (SSSR count). The van der Waals surface area contributed by atoms with Gasteiger partial charge in [-0.2, -0.15) is 0 Å². The number of aliphatic hydroxyl groups excluding tert-OH is 13. The van der Waals surface area contributed by atoms with Crippen molar-refractivity contribution in [1.82, 2.24) is 91.0 Å². The van der Waals surface area contributed by atoms with Crippen molar-refractivity contribution in [2.75, 3.05) is 112 Å². The van der Waals surface area contributed by atoms with Gasteiger partial charge in [0.15, 0.2) is 25.2 Å². The Morgan fingerprint density at radius 3 is 1.00 bits per heavy atom. The second-order valence-electron chi connectivity index (χ2n) is 27.7. The third-order valence-electron chi connectivity index (χ3n) is 18.7. The summed E-state index contributed by atoms with van der Waals surface area (Å²) >= 11 is 0. The smallest absolute Gasteiger partial charge is 0.320 e. The molecule has 0 aromatic carbocycles. The fourth-order valence-electron chi connectivity index (χ4n) is 13.0. The van der Waals surface area contributed by atoms with Crippen LogP contribution in [-0.2, 0) is 128 Å². The molecule has 4 saturated heterocycles. The minimum Gasteiger partial charge on any atom is -0.480 e. The molecule has 0 bridgehead atoms. The Bertz CT molecular complexity index is 3340. The highest BCUT2D eigenvalue weighted by molar-refractivity contribution is 5.74. The Morgan fingerprint density at radius 2 is 0.719 bits per heavy atom. The summed E-state index contributed by atoms with van der Waals surface area (Å²) in [7, 11) is 0. The van der Waals surface area contributed by atoms with Crippen LogP contribution in [0.2, 0.25) is 0 Å². The van der Waals surface area contributed by atoms with Gasteiger partial charge in [-0.3, -0.25) is 34.3 Å². The van der Waals surface area contributed by atoms with Crippen LogP contribution in [0.4, 0.5) is 0 Å². The maximum atomic E-state index is 13.6. The number of hydrogen-bond donors (Lipinski definition) is 18. The van der Waals surface area contributed by atoms with Gasteiger partial charge in [0, 0.05) is 71.7 Å². The highest BCUT2D eigenvalue weighted by Gasteiger charge is 2.49. The van der Waals surface area contributed by atoms with Crippen LogP contribution in [0.15, 0.2) is 24.8 Å². The average molecular weight is 1640 g/mol. The van der Waals surface area contributed by atoms with Crippen molar-refractivity contribution in [2.24, 2.45) is 0 Å². The molecule has 0 spiro atoms. The summed E-state index contributed by atoms with van der Waals surface area (Å²) in [6.07, 6.45) is -14.6. The number of carboxylic acids is 1. The van der Waals surface area contributed by atoms with Crippen molar-refractivity contribution in [1.29, 1.82) is 0 Å². The zero-order valence-electron chi connectivity index (χ0n) is 63.9. The summed E-state index contributed by atoms with van der Waals surface area (Å²) in [6, 6.07) is -5.56. The van der Waals surface area contributed by atoms with Crippen LogP contribution in [-0.4, -0.2) is 412 Å². The van der Waals surface area contributed by atoms with Gasteiger partial charge in [0.05, 0.1) is 161 Å². The van der Waals surface area contributed by atoms with Gasteiger partial charge in [-0.25, -0.2) is 18.7 Å². The van der Waals surface area contributed by atoms with Crippen molar-refractivity contribution in [3.05, 3.63) is 47.6 Å². The van der Waals surface area contributed by atoms with Gasteiger partial charge < -0.3 is 144 Å². The van der Waals surface area contributed by atoms with Crippen LogP contribution in [0.5, 0.6) is 0 Å². The Hall–Kier alpha value is -6.68. The number of carbonyl (C=O) groups is 4. The Labute approximate surface area is 654 Å². The third-order valence-corrected chi connectivity index (χ3v) is 18.7. The molecule has 114 heavy (non-hydrogen) atoms. The number of nitrogens with one attached hydrogen (secondary N) is 4. The first-order valence-corrected chi connectivity index (χ1v) is 37.6. The number of carboxylic acid groups (broad SMARTS) is 1. The summed E-state index contributed by atoms with van der Waals surface area (Å²) in [5.41, 5.74) is 1.92. The zero-order chi connectivity index (χ0) is 82.4. The first kappa shape index (κ1) is 92.8. The van der Waals surface area contributed by atoms with Crippen LogP contribution >= 0.6 is 0 Å². The summed E-state index contributed by atoms with van der Waals surface area (Å²) in [5, 5.41) is 189. The molecule has 22 atom stereocenters. The van der Waals surface area contributed by atoms with Crippen molar-refractivity contribution >= 4 is 23.7 Å². The van der Waals surface area contributed by atoms with Crippen LogP contribution in [0.3, 0.4) is 0 Å². The number of aliphatic hydroxyl groups is 13. The lowest BCUT2D eigenvalue weighted by atomic mass is 9.97. The maximum Gasteiger partial charge on any atom is 0.320 e. The third kappa shape index (κ3) is 28.6. The fourth-order valence-corrected chi connectivity index (χ4v) is 13.0. The van der Waals surface area contributed by atoms with E-state index in [9.17, 15) is 90.7 Å². The predicted molar refractivity (Wildman–Crippen MR) is 378 cm³/mol. The molecule has 4 aliphatic rings. The van der Waals surface area contributed by atoms with Gasteiger partial charge in [0.1, 0.15) is 104 Å². The number of aliphatic carboxylic acids is 1. The highest BCUT2D eigenvalue weighted by Crippen LogP contribution is 2.27. The molecule has 48 heteroatoms. The lowest BCUT2D eigenvalue weighted by Gasteiger charge is -2.42. The SMILES string of the molecule is CC(=O)N[C@H]1[C@H](OCCOCCn2cc(CN(CCCC[C@@H](C(=O)O)N(Cc3cn(CCOCCOC4O[C@H](CO)[C@H](O)[C@H](O)[C@H]4NC(C)=O)nn3)Cc3cn(CCOCCO[C@@H]4O[C@H](CO)[C@H](O)[C@H](O)[C@H]4NC(C)=O)nn3)Cc3cn(CCOCCO[C@@H]4O[C@H](CO)[C@H](O)[C@H](O)[C@H]4NC(C)O)nn3)nn2)O[C@H](CO)[C@H](O)[C@@H]1O. The number of ether oxygens (including phenoxy) is 12. The zero-order valence-corrected chi connectivity index (χ0v) is 63.9. The average Bonchev–Trinajstić information content (AvgIpc) is 1.16. The fraction of sp³-hybridized carbons (Fsp3) is 0.818. The van der Waals surface area contributed by atoms with Crippen molar-refractivity contribution in [3.63, 3.8) is 0 Å². The number of carbonyl (C=O) groups excluding carboxylic acids is 3. The van der Waals surface area contributed by atoms with E-state index in [1.54, 1.807) is 39.1 Å². The van der Waals surface area contributed by atoms with E-state index in [4.69, 9.17) is 56.8 Å². The topological polar surface area (TPSA) is 640 Å². The van der Waals surface area contributed by atoms with Gasteiger partial charge in [0.2, 0.25) is 17.7 Å². The van der Waals surface area contributed by atoms with Crippen LogP contribution in [0.25, 0.3) is 0 Å². The van der Waals surface area contributed by atoms with E-state index in [2.05, 4.69) is 62.5 Å². The molecule has 4 aliphatic heterocycles. The summed E-state index contributed by atoms with van der Waals surface area (Å²) in [4.78, 5) is 53.0. The summed E-state index contributed by atoms with van der Waals surface area (Å²) < 4.78 is 74.9. The summed E-state index contributed by atoms with van der Waals surface area (Å²) in [5.74, 6) is -2.67. The highest BCUT2D eigenvalue weighted by atomic mass is 16.7. The molecule has 8 heterocycles. The molecule has 48 nitrogen and oxygen atoms in total. The minimum absolute atomic E-state index is 0.0149. The van der Waals surface area contributed by atoms with E-state index in [1.807, 2.05) is 4.90 Å². The molecule has 2 unspecified atom stereocenters. The van der Waals surface area contributed by atoms with Gasteiger partial charge in [0.25, 0.3) is 0 Å². The number of aromatic nitrogens is 12. The number of unbranched alkanes of at least 4 members (excludes halogenated alkanes) is 1. The van der Waals surface area contributed by atoms with Crippen molar-refractivity contribution < 1.29 is 148 Å². The molecular weight excluding hydrogens is 1520 g/mol. The van der Waals surface area contributed by atoms with Crippen molar-refractivity contribution in [3.8, 4) is 0 Å². The van der Waals surface area contributed by atoms with Gasteiger partial charge in [-0.15, -0.1) is 20.4 Å². The molecule has 0 aliphatic carbocycles. The largest absolute Gasteiger partial charge is 0.480 e. The monoisotopic (exact) mass is 1640 g/mol. The molecule has 0 saturated carbocycles. The molecular formula is C66H112N18O30. The lowest BCUT2D eigenvalue weighted by Crippen LogP contribution is -2.65. The molecule has 646 valence electrons. The van der Waals surface area contributed by atoms with E-state index in [0.29, 0.717) is 42.2 Å². The maximum absolute atomic E-state index is 13.6. The standard InChI is InChI=1S/C66H112N18O30/c1-37(89)67-50-58(97)54(93)46(33-85)111-63(50)107-21-17-103-13-9-81-29-41(71-75-81)25-79(26-42-30-82(76-72-42)10-14-104-18-22-108-64-51(68-38(2)90)59(98)55(94)47(34-86)112-64)8-6-5-7-45(62(101)102)80(27-43-31-83(77-73-43)11-15-105-19-23-109-65-52(69-39(3)91)60(99)56(95)48(35-87)113-65)28-44-32-84(78-74-44)12-16-106-20-24-110-66-53(70-40(4)92)61(100)57(96)49(36-88)114-66/h29-32,37,45-61,63-67,85-89,93-100H,5-28,33-36H2,1-4H3,(H,68,90)(H,69,91)(H,70,92)(H,101,102)/t37?,45-,46+,47+,48+,49+,50+,51+,52+,53+,54-,55-,56-,57-,58+,59+,60+,61+,63+,64+,65+,66?/m0/s1. The van der Waals surface area contributed by atoms with Crippen LogP contribution < -0.4 is 21.3 Å². The van der Waals surface area contributed by atoms with E-state index in [-0.39, 0.29) is 138 Å². The quantitative estimate of drug-likeness (QED) is 0.0144. The predicted octanol–water partition coefficient (Wildman–Crippen LogP) is -10.9. The Balaban J connectivity index is 0.894. The first-order chi connectivity index (χ1) is 54.8. The number of nitrogens with zero attached hydrogens (tertiary/aromatic N) is 14. The Morgan fingerprint density at radius 1 is 0.430 bits per heavy atom. The number of rotatable bonds is 52. The molecule has 4 aromatic heterocycles. The molecule has 4 aromatic rings. The van der Waals surface area contributed by atoms with E-state index < -0.39 is 185 Å². The van der Waals surface area contributed by atoms with E-state index >= 15 is 0 Å². The van der Waals surface area contributed by atoms with Gasteiger partial charge >= 0.3 is 5.97 Å². The second kappa shape index (κ2) is 47.7. The molecule has 4 fully saturated rings. The van der Waals surface area contributed by atoms with Gasteiger partial charge in [-0.05, 0) is 26.3 Å². The minimum atomic E-state index is -1.50. The van der Waals surface area contributed by atoms with Gasteiger partial charge in [-0.1, -0.05) is 27.3 Å². The Kier molecular flexibility index (Phi) is 38.8. The van der Waals surface area contributed by atoms with E-state index in [0.717, 1.165) is 0 Å². The van der Waals surface area contributed by atoms with Crippen LogP contribution in [0.1, 0.15) is 69.7 Å². The number of hydrogen-bond acceptors (Lipinski definition) is 40.